The number of carbonyl (C=O) groups excluding carboxylic acids is 2. The predicted octanol–water partition coefficient (Wildman–Crippen LogP) is 7.27. The van der Waals surface area contributed by atoms with Crippen LogP contribution >= 0.6 is 0 Å². The van der Waals surface area contributed by atoms with Crippen molar-refractivity contribution in [3.63, 3.8) is 0 Å². The van der Waals surface area contributed by atoms with Crippen molar-refractivity contribution in [3.05, 3.63) is 138 Å². The van der Waals surface area contributed by atoms with Crippen LogP contribution in [0.15, 0.2) is 115 Å². The van der Waals surface area contributed by atoms with Crippen molar-refractivity contribution in [2.24, 2.45) is 0 Å². The zero-order valence-electron chi connectivity index (χ0n) is 24.5. The summed E-state index contributed by atoms with van der Waals surface area (Å²) in [6, 6.07) is 33.9. The number of phenolic OH excluding ortho intramolecular Hbond substituents is 1. The fraction of sp³-hybridized carbons (Fsp3) is 0.184. The number of esters is 1. The van der Waals surface area contributed by atoms with Crippen LogP contribution in [0.2, 0.25) is 0 Å². The van der Waals surface area contributed by atoms with Gasteiger partial charge in [-0.15, -0.1) is 0 Å². The van der Waals surface area contributed by atoms with Crippen LogP contribution in [0.3, 0.4) is 0 Å². The summed E-state index contributed by atoms with van der Waals surface area (Å²) in [5.74, 6) is -0.0211. The summed E-state index contributed by atoms with van der Waals surface area (Å²) in [7, 11) is 0. The van der Waals surface area contributed by atoms with Crippen LogP contribution in [-0.4, -0.2) is 40.7 Å². The number of benzene rings is 4. The van der Waals surface area contributed by atoms with Crippen LogP contribution in [0, 0.1) is 0 Å². The molecule has 4 N–H and O–H groups in total. The van der Waals surface area contributed by atoms with Crippen molar-refractivity contribution >= 4 is 29.1 Å². The van der Waals surface area contributed by atoms with Gasteiger partial charge in [0.25, 0.3) is 5.91 Å². The molecule has 0 bridgehead atoms. The van der Waals surface area contributed by atoms with Crippen LogP contribution in [0.4, 0.5) is 17.2 Å². The Bertz CT molecular complexity index is 1870. The predicted molar refractivity (Wildman–Crippen MR) is 181 cm³/mol. The van der Waals surface area contributed by atoms with Crippen LogP contribution < -0.4 is 16.0 Å². The number of aromatic hydroxyl groups is 1. The number of rotatable bonds is 5. The Morgan fingerprint density at radius 3 is 2.30 bits per heavy atom. The lowest BCUT2D eigenvalue weighted by molar-refractivity contribution is -0.0470. The molecule has 1 spiro atoms. The Labute approximate surface area is 268 Å². The molecule has 3 heterocycles. The molecule has 232 valence electrons. The third-order valence-electron chi connectivity index (χ3n) is 8.87. The molecule has 1 unspecified atom stereocenters. The molecule has 1 amide bonds. The highest BCUT2D eigenvalue weighted by Gasteiger charge is 2.51. The standard InChI is InChI=1S/C37H32N4O4.CH4/c38-31-15-11-26(24-7-3-1-4-8-24)21-32(31)40-35(43)27-12-16-33(39-23-27)41-19-17-37(18-20-41)34(25-9-5-2-6-10-25)30-22-28(42)13-14-29(30)36(44)45-37;/h1-16,21-23,34,42H,17-20,38H2,(H,40,43);1H4. The van der Waals surface area contributed by atoms with Gasteiger partial charge in [0.05, 0.1) is 28.4 Å². The lowest BCUT2D eigenvalue weighted by Gasteiger charge is -2.49. The van der Waals surface area contributed by atoms with Gasteiger partial charge in [0.15, 0.2) is 0 Å². The van der Waals surface area contributed by atoms with Gasteiger partial charge in [0, 0.05) is 32.1 Å². The average molecular weight is 613 g/mol. The highest BCUT2D eigenvalue weighted by Crippen LogP contribution is 2.49. The topological polar surface area (TPSA) is 118 Å². The number of fused-ring (bicyclic) bond motifs is 1. The number of hydrogen-bond acceptors (Lipinski definition) is 7. The van der Waals surface area contributed by atoms with Gasteiger partial charge in [0.1, 0.15) is 17.2 Å². The van der Waals surface area contributed by atoms with E-state index >= 15 is 0 Å². The van der Waals surface area contributed by atoms with Gasteiger partial charge in [-0.25, -0.2) is 9.78 Å². The minimum absolute atomic E-state index is 0. The highest BCUT2D eigenvalue weighted by molar-refractivity contribution is 6.06. The first kappa shape index (κ1) is 30.4. The number of nitrogens with one attached hydrogen (secondary N) is 1. The Kier molecular flexibility index (Phi) is 8.19. The van der Waals surface area contributed by atoms with Crippen molar-refractivity contribution in [1.82, 2.24) is 4.98 Å². The van der Waals surface area contributed by atoms with Crippen molar-refractivity contribution in [1.29, 1.82) is 0 Å². The van der Waals surface area contributed by atoms with E-state index in [9.17, 15) is 14.7 Å². The average Bonchev–Trinajstić information content (AvgIpc) is 3.07. The maximum atomic E-state index is 13.2. The molecule has 8 heteroatoms. The molecule has 1 saturated heterocycles. The van der Waals surface area contributed by atoms with Crippen molar-refractivity contribution < 1.29 is 19.4 Å². The van der Waals surface area contributed by atoms with Gasteiger partial charge in [-0.3, -0.25) is 4.79 Å². The zero-order valence-corrected chi connectivity index (χ0v) is 24.5. The van der Waals surface area contributed by atoms with Crippen LogP contribution in [0.1, 0.15) is 58.0 Å². The third kappa shape index (κ3) is 5.65. The van der Waals surface area contributed by atoms with Crippen molar-refractivity contribution in [2.75, 3.05) is 29.0 Å². The van der Waals surface area contributed by atoms with Gasteiger partial charge in [0.2, 0.25) is 0 Å². The molecule has 0 aliphatic carbocycles. The Morgan fingerprint density at radius 2 is 1.61 bits per heavy atom. The summed E-state index contributed by atoms with van der Waals surface area (Å²) in [5.41, 5.74) is 11.1. The summed E-state index contributed by atoms with van der Waals surface area (Å²) in [4.78, 5) is 33.1. The number of carbonyl (C=O) groups is 2. The molecule has 46 heavy (non-hydrogen) atoms. The molecule has 1 atom stereocenters. The summed E-state index contributed by atoms with van der Waals surface area (Å²) < 4.78 is 6.25. The molecule has 2 aliphatic heterocycles. The monoisotopic (exact) mass is 612 g/mol. The Hall–Kier alpha value is -5.63. The molecule has 8 nitrogen and oxygen atoms in total. The Morgan fingerprint density at radius 1 is 0.891 bits per heavy atom. The number of nitrogens with zero attached hydrogens (tertiary/aromatic N) is 2. The summed E-state index contributed by atoms with van der Waals surface area (Å²) in [6.07, 6.45) is 2.72. The molecule has 7 rings (SSSR count). The molecule has 5 aromatic rings. The quantitative estimate of drug-likeness (QED) is 0.141. The molecule has 0 saturated carbocycles. The van der Waals surface area contributed by atoms with E-state index in [4.69, 9.17) is 10.5 Å². The molecule has 2 aliphatic rings. The van der Waals surface area contributed by atoms with E-state index in [0.717, 1.165) is 28.1 Å². The van der Waals surface area contributed by atoms with E-state index in [1.165, 1.54) is 6.07 Å². The lowest BCUT2D eigenvalue weighted by atomic mass is 9.69. The first-order valence-corrected chi connectivity index (χ1v) is 15.0. The lowest BCUT2D eigenvalue weighted by Crippen LogP contribution is -2.53. The van der Waals surface area contributed by atoms with Crippen molar-refractivity contribution in [3.8, 4) is 16.9 Å². The largest absolute Gasteiger partial charge is 0.508 e. The van der Waals surface area contributed by atoms with E-state index in [1.807, 2.05) is 78.9 Å². The minimum Gasteiger partial charge on any atom is -0.508 e. The second-order valence-electron chi connectivity index (χ2n) is 11.6. The third-order valence-corrected chi connectivity index (χ3v) is 8.87. The fourth-order valence-corrected chi connectivity index (χ4v) is 6.57. The fourth-order valence-electron chi connectivity index (χ4n) is 6.57. The number of amides is 1. The van der Waals surface area contributed by atoms with Gasteiger partial charge < -0.3 is 25.8 Å². The number of nitrogen functional groups attached to an aromatic ring is 1. The minimum atomic E-state index is -0.760. The zero-order chi connectivity index (χ0) is 31.0. The van der Waals surface area contributed by atoms with E-state index in [2.05, 4.69) is 15.2 Å². The number of aromatic nitrogens is 1. The number of hydrogen-bond donors (Lipinski definition) is 3. The summed E-state index contributed by atoms with van der Waals surface area (Å²) in [5, 5.41) is 13.3. The van der Waals surface area contributed by atoms with Gasteiger partial charge >= 0.3 is 5.97 Å². The maximum absolute atomic E-state index is 13.2. The number of ether oxygens (including phenoxy) is 1. The SMILES string of the molecule is C.Nc1ccc(-c2ccccc2)cc1NC(=O)c1ccc(N2CCC3(CC2)OC(=O)c2ccc(O)cc2C3c2ccccc2)nc1. The maximum Gasteiger partial charge on any atom is 0.339 e. The van der Waals surface area contributed by atoms with Gasteiger partial charge in [-0.2, -0.15) is 0 Å². The molecular formula is C38H36N4O4. The highest BCUT2D eigenvalue weighted by atomic mass is 16.6. The molecule has 1 aromatic heterocycles. The van der Waals surface area contributed by atoms with Gasteiger partial charge in [-0.05, 0) is 64.7 Å². The van der Waals surface area contributed by atoms with Crippen LogP contribution in [0.5, 0.6) is 5.75 Å². The smallest absolute Gasteiger partial charge is 0.339 e. The normalized spacial score (nSPS) is 16.6. The number of pyridine rings is 1. The molecular weight excluding hydrogens is 576 g/mol. The van der Waals surface area contributed by atoms with Gasteiger partial charge in [-0.1, -0.05) is 74.2 Å². The van der Waals surface area contributed by atoms with E-state index in [1.54, 1.807) is 30.5 Å². The number of phenols is 1. The second-order valence-corrected chi connectivity index (χ2v) is 11.6. The number of nitrogens with two attached hydrogens (primary N) is 1. The first-order valence-electron chi connectivity index (χ1n) is 15.0. The molecule has 4 aromatic carbocycles. The first-order chi connectivity index (χ1) is 21.9. The van der Waals surface area contributed by atoms with Crippen LogP contribution in [0.25, 0.3) is 11.1 Å². The van der Waals surface area contributed by atoms with Crippen molar-refractivity contribution in [2.45, 2.75) is 31.8 Å². The van der Waals surface area contributed by atoms with E-state index in [0.29, 0.717) is 48.4 Å². The Balaban J connectivity index is 0.00000372. The van der Waals surface area contributed by atoms with Crippen LogP contribution in [-0.2, 0) is 4.74 Å². The second kappa shape index (κ2) is 12.4. The molecule has 1 fully saturated rings. The number of anilines is 3. The van der Waals surface area contributed by atoms with E-state index in [-0.39, 0.29) is 31.0 Å². The van der Waals surface area contributed by atoms with E-state index < -0.39 is 5.60 Å². The molecule has 0 radical (unpaired) electrons. The summed E-state index contributed by atoms with van der Waals surface area (Å²) >= 11 is 0. The number of piperidine rings is 1. The summed E-state index contributed by atoms with van der Waals surface area (Å²) in [6.45, 7) is 1.21.